The van der Waals surface area contributed by atoms with Crippen LogP contribution in [0.2, 0.25) is 0 Å². The Labute approximate surface area is 105 Å². The molecule has 1 saturated heterocycles. The summed E-state index contributed by atoms with van der Waals surface area (Å²) in [6.07, 6.45) is 4.02. The van der Waals surface area contributed by atoms with E-state index in [9.17, 15) is 0 Å². The van der Waals surface area contributed by atoms with E-state index in [2.05, 4.69) is 49.6 Å². The van der Waals surface area contributed by atoms with Crippen molar-refractivity contribution in [1.82, 2.24) is 4.90 Å². The van der Waals surface area contributed by atoms with Gasteiger partial charge in [-0.2, -0.15) is 0 Å². The molecule has 1 aliphatic heterocycles. The molecule has 1 aromatic rings. The van der Waals surface area contributed by atoms with Gasteiger partial charge in [-0.25, -0.2) is 0 Å². The van der Waals surface area contributed by atoms with Crippen molar-refractivity contribution in [1.29, 1.82) is 0 Å². The number of hydrogen-bond donors (Lipinski definition) is 0. The van der Waals surface area contributed by atoms with Crippen LogP contribution in [0.5, 0.6) is 0 Å². The van der Waals surface area contributed by atoms with Crippen LogP contribution in [-0.2, 0) is 0 Å². The molecule has 1 atom stereocenters. The van der Waals surface area contributed by atoms with Gasteiger partial charge >= 0.3 is 0 Å². The van der Waals surface area contributed by atoms with Crippen molar-refractivity contribution in [3.63, 3.8) is 0 Å². The number of likely N-dealkylation sites (tertiary alicyclic amines) is 1. The summed E-state index contributed by atoms with van der Waals surface area (Å²) in [5.74, 6) is 0.439. The van der Waals surface area contributed by atoms with E-state index in [1.54, 1.807) is 0 Å². The fraction of sp³-hybridized carbons (Fsp3) is 0.500. The maximum Gasteiger partial charge on any atom is 0.0205 e. The molecule has 1 aliphatic rings. The van der Waals surface area contributed by atoms with Gasteiger partial charge in [0.05, 0.1) is 0 Å². The van der Waals surface area contributed by atoms with E-state index in [4.69, 9.17) is 0 Å². The Bertz CT molecular complexity index is 371. The van der Waals surface area contributed by atoms with Gasteiger partial charge in [0, 0.05) is 24.7 Å². The van der Waals surface area contributed by atoms with Crippen LogP contribution in [0.3, 0.4) is 0 Å². The molecule has 1 heteroatoms. The normalized spacial score (nSPS) is 17.9. The van der Waals surface area contributed by atoms with Crippen molar-refractivity contribution < 1.29 is 0 Å². The molecule has 1 fully saturated rings. The van der Waals surface area contributed by atoms with Gasteiger partial charge in [0.2, 0.25) is 0 Å². The molecule has 0 N–H and O–H groups in total. The molecular formula is C16H23N. The number of nitrogens with zero attached hydrogens (tertiary/aromatic N) is 1. The van der Waals surface area contributed by atoms with E-state index in [-0.39, 0.29) is 0 Å². The summed E-state index contributed by atoms with van der Waals surface area (Å²) in [5, 5.41) is 0. The molecule has 0 aliphatic carbocycles. The smallest absolute Gasteiger partial charge is 0.0205 e. The van der Waals surface area contributed by atoms with Crippen molar-refractivity contribution in [3.05, 3.63) is 47.7 Å². The molecule has 1 nitrogen and oxygen atoms in total. The number of piperidine rings is 1. The maximum absolute atomic E-state index is 4.30. The molecule has 0 saturated carbocycles. The van der Waals surface area contributed by atoms with Crippen molar-refractivity contribution in [2.75, 3.05) is 13.1 Å². The first-order valence-corrected chi connectivity index (χ1v) is 6.69. The minimum atomic E-state index is 0.439. The second kappa shape index (κ2) is 5.39. The molecular weight excluding hydrogens is 206 g/mol. The Balaban J connectivity index is 2.05. The monoisotopic (exact) mass is 229 g/mol. The predicted octanol–water partition coefficient (Wildman–Crippen LogP) is 4.10. The summed E-state index contributed by atoms with van der Waals surface area (Å²) in [4.78, 5) is 2.47. The summed E-state index contributed by atoms with van der Waals surface area (Å²) in [7, 11) is 0. The number of aryl methyl sites for hydroxylation is 1. The fourth-order valence-corrected chi connectivity index (χ4v) is 2.50. The molecule has 0 bridgehead atoms. The first kappa shape index (κ1) is 12.2. The van der Waals surface area contributed by atoms with Crippen molar-refractivity contribution in [2.45, 2.75) is 39.0 Å². The highest BCUT2D eigenvalue weighted by molar-refractivity contribution is 5.29. The van der Waals surface area contributed by atoms with E-state index < -0.39 is 0 Å². The lowest BCUT2D eigenvalue weighted by atomic mass is 9.95. The molecule has 0 amide bonds. The second-order valence-electron chi connectivity index (χ2n) is 5.17. The summed E-state index contributed by atoms with van der Waals surface area (Å²) in [6.45, 7) is 11.1. The van der Waals surface area contributed by atoms with Gasteiger partial charge in [0.15, 0.2) is 0 Å². The predicted molar refractivity (Wildman–Crippen MR) is 74.2 cm³/mol. The zero-order valence-corrected chi connectivity index (χ0v) is 11.1. The third-order valence-corrected chi connectivity index (χ3v) is 3.84. The third kappa shape index (κ3) is 2.91. The van der Waals surface area contributed by atoms with Crippen LogP contribution in [0, 0.1) is 6.92 Å². The molecule has 1 heterocycles. The molecule has 17 heavy (non-hydrogen) atoms. The summed E-state index contributed by atoms with van der Waals surface area (Å²) < 4.78 is 0. The van der Waals surface area contributed by atoms with Crippen LogP contribution >= 0.6 is 0 Å². The van der Waals surface area contributed by atoms with Crippen molar-refractivity contribution in [3.8, 4) is 0 Å². The van der Waals surface area contributed by atoms with E-state index in [1.165, 1.54) is 49.2 Å². The van der Waals surface area contributed by atoms with Gasteiger partial charge in [0.1, 0.15) is 0 Å². The van der Waals surface area contributed by atoms with Gasteiger partial charge in [-0.3, -0.25) is 0 Å². The topological polar surface area (TPSA) is 3.24 Å². The molecule has 92 valence electrons. The molecule has 2 rings (SSSR count). The van der Waals surface area contributed by atoms with Crippen molar-refractivity contribution >= 4 is 0 Å². The van der Waals surface area contributed by atoms with Crippen LogP contribution in [0.1, 0.15) is 43.2 Å². The number of benzene rings is 1. The fourth-order valence-electron chi connectivity index (χ4n) is 2.50. The average Bonchev–Trinajstić information content (AvgIpc) is 2.39. The van der Waals surface area contributed by atoms with E-state index in [0.29, 0.717) is 5.92 Å². The standard InChI is InChI=1S/C16H23N/c1-13-7-9-16(10-8-13)14(2)15(3)17-11-5-4-6-12-17/h7-10,14H,3-6,11-12H2,1-2H3. The maximum atomic E-state index is 4.30. The number of rotatable bonds is 3. The largest absolute Gasteiger partial charge is 0.375 e. The summed E-state index contributed by atoms with van der Waals surface area (Å²) in [5.41, 5.74) is 3.99. The Hall–Kier alpha value is -1.24. The van der Waals surface area contributed by atoms with Crippen LogP contribution in [0.25, 0.3) is 0 Å². The number of hydrogen-bond acceptors (Lipinski definition) is 1. The Morgan fingerprint density at radius 3 is 2.29 bits per heavy atom. The Morgan fingerprint density at radius 2 is 1.71 bits per heavy atom. The highest BCUT2D eigenvalue weighted by atomic mass is 15.1. The SMILES string of the molecule is C=C(C(C)c1ccc(C)cc1)N1CCCCC1. The number of allylic oxidation sites excluding steroid dienone is 1. The quantitative estimate of drug-likeness (QED) is 0.754. The van der Waals surface area contributed by atoms with Gasteiger partial charge in [-0.15, -0.1) is 0 Å². The average molecular weight is 229 g/mol. The van der Waals surface area contributed by atoms with Crippen LogP contribution < -0.4 is 0 Å². The lowest BCUT2D eigenvalue weighted by Gasteiger charge is -2.33. The van der Waals surface area contributed by atoms with Gasteiger partial charge in [0.25, 0.3) is 0 Å². The van der Waals surface area contributed by atoms with Gasteiger partial charge < -0.3 is 4.90 Å². The molecule has 1 unspecified atom stereocenters. The minimum absolute atomic E-state index is 0.439. The molecule has 0 aromatic heterocycles. The zero-order chi connectivity index (χ0) is 12.3. The molecule has 1 aromatic carbocycles. The Morgan fingerprint density at radius 1 is 1.12 bits per heavy atom. The first-order chi connectivity index (χ1) is 8.18. The van der Waals surface area contributed by atoms with Gasteiger partial charge in [-0.1, -0.05) is 43.3 Å². The van der Waals surface area contributed by atoms with E-state index >= 15 is 0 Å². The van der Waals surface area contributed by atoms with E-state index in [1.807, 2.05) is 0 Å². The first-order valence-electron chi connectivity index (χ1n) is 6.69. The summed E-state index contributed by atoms with van der Waals surface area (Å²) >= 11 is 0. The lowest BCUT2D eigenvalue weighted by Crippen LogP contribution is -2.30. The summed E-state index contributed by atoms with van der Waals surface area (Å²) in [6, 6.07) is 8.84. The highest BCUT2D eigenvalue weighted by Crippen LogP contribution is 2.27. The molecule has 0 spiro atoms. The van der Waals surface area contributed by atoms with Crippen LogP contribution in [0.15, 0.2) is 36.5 Å². The molecule has 0 radical (unpaired) electrons. The van der Waals surface area contributed by atoms with Crippen molar-refractivity contribution in [2.24, 2.45) is 0 Å². The second-order valence-corrected chi connectivity index (χ2v) is 5.17. The zero-order valence-electron chi connectivity index (χ0n) is 11.1. The lowest BCUT2D eigenvalue weighted by molar-refractivity contribution is 0.273. The van der Waals surface area contributed by atoms with Gasteiger partial charge in [-0.05, 0) is 31.7 Å². The third-order valence-electron chi connectivity index (χ3n) is 3.84. The Kier molecular flexibility index (Phi) is 3.88. The highest BCUT2D eigenvalue weighted by Gasteiger charge is 2.17. The van der Waals surface area contributed by atoms with E-state index in [0.717, 1.165) is 0 Å². The van der Waals surface area contributed by atoms with Crippen LogP contribution in [0.4, 0.5) is 0 Å². The minimum Gasteiger partial charge on any atom is -0.375 e. The van der Waals surface area contributed by atoms with Crippen LogP contribution in [-0.4, -0.2) is 18.0 Å².